The smallest absolute Gasteiger partial charge is 0.337 e. The van der Waals surface area contributed by atoms with Crippen LogP contribution in [0.15, 0.2) is 88.5 Å². The van der Waals surface area contributed by atoms with Gasteiger partial charge in [-0.1, -0.05) is 80.3 Å². The van der Waals surface area contributed by atoms with Crippen LogP contribution in [0.25, 0.3) is 22.3 Å². The SMILES string of the molecule is COC(=O)c1cccc(-c2c3c(=O)n(C)c(=O)n(CC(C)C)c3nn2Cc2cccc(C#CCN(C)Cc3ccccc3)c2)c1. The number of methoxy groups -OCH3 is 1. The summed E-state index contributed by atoms with van der Waals surface area (Å²) in [5.74, 6) is 6.19. The molecule has 0 fully saturated rings. The van der Waals surface area contributed by atoms with E-state index in [0.29, 0.717) is 47.5 Å². The van der Waals surface area contributed by atoms with Crippen molar-refractivity contribution in [2.24, 2.45) is 13.0 Å². The van der Waals surface area contributed by atoms with Gasteiger partial charge in [0.25, 0.3) is 5.56 Å². The molecule has 9 heteroatoms. The molecule has 9 nitrogen and oxygen atoms in total. The third-order valence-corrected chi connectivity index (χ3v) is 7.47. The second-order valence-corrected chi connectivity index (χ2v) is 11.6. The molecule has 2 heterocycles. The molecule has 0 radical (unpaired) electrons. The van der Waals surface area contributed by atoms with Gasteiger partial charge in [-0.3, -0.25) is 23.5 Å². The van der Waals surface area contributed by atoms with Crippen molar-refractivity contribution in [2.45, 2.75) is 33.5 Å². The number of nitrogens with zero attached hydrogens (tertiary/aromatic N) is 5. The lowest BCUT2D eigenvalue weighted by molar-refractivity contribution is 0.0600. The van der Waals surface area contributed by atoms with Gasteiger partial charge in [-0.15, -0.1) is 0 Å². The summed E-state index contributed by atoms with van der Waals surface area (Å²) >= 11 is 0. The summed E-state index contributed by atoms with van der Waals surface area (Å²) < 4.78 is 9.36. The molecule has 2 aromatic heterocycles. The van der Waals surface area contributed by atoms with Gasteiger partial charge in [0, 0.05) is 31.3 Å². The van der Waals surface area contributed by atoms with Crippen LogP contribution >= 0.6 is 0 Å². The normalized spacial score (nSPS) is 11.2. The number of carbonyl (C=O) groups excluding carboxylic acids is 1. The Morgan fingerprint density at radius 1 is 0.978 bits per heavy atom. The standard InChI is InChI=1S/C36H37N5O4/c1-25(2)22-40-33-31(34(42)39(4)36(40)44)32(29-17-10-18-30(21-29)35(43)45-5)41(37-33)24-28-15-9-14-26(20-28)16-11-19-38(3)23-27-12-7-6-8-13-27/h6-10,12-15,17-18,20-21,25H,19,22-24H2,1-5H3. The van der Waals surface area contributed by atoms with E-state index in [1.165, 1.54) is 19.7 Å². The van der Waals surface area contributed by atoms with Crippen LogP contribution in [0.5, 0.6) is 0 Å². The van der Waals surface area contributed by atoms with E-state index in [-0.39, 0.29) is 5.92 Å². The monoisotopic (exact) mass is 603 g/mol. The first kappa shape index (κ1) is 31.2. The summed E-state index contributed by atoms with van der Waals surface area (Å²) in [5, 5.41) is 5.17. The topological polar surface area (TPSA) is 91.4 Å². The molecular weight excluding hydrogens is 566 g/mol. The molecule has 0 amide bonds. The Kier molecular flexibility index (Phi) is 9.45. The Hall–Kier alpha value is -5.20. The Morgan fingerprint density at radius 2 is 1.71 bits per heavy atom. The number of rotatable bonds is 9. The summed E-state index contributed by atoms with van der Waals surface area (Å²) in [5.41, 5.74) is 3.94. The van der Waals surface area contributed by atoms with Gasteiger partial charge >= 0.3 is 11.7 Å². The zero-order valence-corrected chi connectivity index (χ0v) is 26.3. The molecule has 0 bridgehead atoms. The van der Waals surface area contributed by atoms with Crippen LogP contribution in [0, 0.1) is 17.8 Å². The highest BCUT2D eigenvalue weighted by atomic mass is 16.5. The predicted molar refractivity (Wildman–Crippen MR) is 176 cm³/mol. The van der Waals surface area contributed by atoms with Crippen molar-refractivity contribution in [3.63, 3.8) is 0 Å². The van der Waals surface area contributed by atoms with Crippen molar-refractivity contribution in [1.29, 1.82) is 0 Å². The van der Waals surface area contributed by atoms with Gasteiger partial charge in [-0.05, 0) is 48.4 Å². The summed E-state index contributed by atoms with van der Waals surface area (Å²) in [6, 6.07) is 25.1. The predicted octanol–water partition coefficient (Wildman–Crippen LogP) is 4.54. The van der Waals surface area contributed by atoms with E-state index in [1.807, 2.05) is 69.4 Å². The molecule has 0 saturated carbocycles. The first-order valence-corrected chi connectivity index (χ1v) is 14.9. The molecule has 230 valence electrons. The number of carbonyl (C=O) groups is 1. The van der Waals surface area contributed by atoms with Crippen molar-refractivity contribution < 1.29 is 9.53 Å². The Balaban J connectivity index is 1.55. The van der Waals surface area contributed by atoms with E-state index in [1.54, 1.807) is 27.4 Å². The molecule has 5 rings (SSSR count). The highest BCUT2D eigenvalue weighted by molar-refractivity contribution is 5.95. The van der Waals surface area contributed by atoms with Crippen LogP contribution in [-0.4, -0.2) is 50.5 Å². The highest BCUT2D eigenvalue weighted by Gasteiger charge is 2.23. The van der Waals surface area contributed by atoms with Crippen LogP contribution in [0.3, 0.4) is 0 Å². The number of fused-ring (bicyclic) bond motifs is 1. The summed E-state index contributed by atoms with van der Waals surface area (Å²) in [4.78, 5) is 41.4. The highest BCUT2D eigenvalue weighted by Crippen LogP contribution is 2.28. The van der Waals surface area contributed by atoms with Crippen LogP contribution < -0.4 is 11.2 Å². The fraction of sp³-hybridized carbons (Fsp3) is 0.278. The summed E-state index contributed by atoms with van der Waals surface area (Å²) in [7, 11) is 4.85. The summed E-state index contributed by atoms with van der Waals surface area (Å²) in [6.45, 7) is 6.14. The number of hydrogen-bond acceptors (Lipinski definition) is 6. The Labute approximate surface area is 262 Å². The van der Waals surface area contributed by atoms with Crippen LogP contribution in [0.4, 0.5) is 0 Å². The number of benzene rings is 3. The zero-order valence-electron chi connectivity index (χ0n) is 26.3. The first-order chi connectivity index (χ1) is 21.7. The number of esters is 1. The Bertz CT molecular complexity index is 2030. The average molecular weight is 604 g/mol. The second kappa shape index (κ2) is 13.6. The molecule has 0 aliphatic rings. The molecule has 0 saturated heterocycles. The number of hydrogen-bond donors (Lipinski definition) is 0. The molecule has 0 spiro atoms. The van der Waals surface area contributed by atoms with Crippen molar-refractivity contribution >= 4 is 17.0 Å². The maximum Gasteiger partial charge on any atom is 0.337 e. The van der Waals surface area contributed by atoms with Gasteiger partial charge in [-0.25, -0.2) is 9.59 Å². The third-order valence-electron chi connectivity index (χ3n) is 7.47. The lowest BCUT2D eigenvalue weighted by atomic mass is 10.1. The minimum Gasteiger partial charge on any atom is -0.465 e. The van der Waals surface area contributed by atoms with Crippen molar-refractivity contribution in [3.05, 3.63) is 122 Å². The van der Waals surface area contributed by atoms with Gasteiger partial charge in [0.1, 0.15) is 5.39 Å². The van der Waals surface area contributed by atoms with Gasteiger partial charge in [-0.2, -0.15) is 5.10 Å². The fourth-order valence-electron chi connectivity index (χ4n) is 5.36. The summed E-state index contributed by atoms with van der Waals surface area (Å²) in [6.07, 6.45) is 0. The number of ether oxygens (including phenoxy) is 1. The third kappa shape index (κ3) is 6.97. The van der Waals surface area contributed by atoms with Gasteiger partial charge in [0.2, 0.25) is 0 Å². The van der Waals surface area contributed by atoms with E-state index in [0.717, 1.165) is 22.2 Å². The average Bonchev–Trinajstić information content (AvgIpc) is 3.41. The van der Waals surface area contributed by atoms with Gasteiger partial charge in [0.15, 0.2) is 5.65 Å². The van der Waals surface area contributed by atoms with Crippen LogP contribution in [0.2, 0.25) is 0 Å². The second-order valence-electron chi connectivity index (χ2n) is 11.6. The van der Waals surface area contributed by atoms with Gasteiger partial charge < -0.3 is 4.74 Å². The molecule has 3 aromatic carbocycles. The lowest BCUT2D eigenvalue weighted by Gasteiger charge is -2.12. The van der Waals surface area contributed by atoms with Gasteiger partial charge in [0.05, 0.1) is 31.5 Å². The molecule has 45 heavy (non-hydrogen) atoms. The van der Waals surface area contributed by atoms with Crippen molar-refractivity contribution in [1.82, 2.24) is 23.8 Å². The first-order valence-electron chi connectivity index (χ1n) is 14.9. The van der Waals surface area contributed by atoms with Crippen molar-refractivity contribution in [3.8, 4) is 23.1 Å². The quantitative estimate of drug-likeness (QED) is 0.182. The van der Waals surface area contributed by atoms with Crippen LogP contribution in [0.1, 0.15) is 40.9 Å². The molecular formula is C36H37N5O4. The Morgan fingerprint density at radius 3 is 2.44 bits per heavy atom. The zero-order chi connectivity index (χ0) is 32.1. The molecule has 0 unspecified atom stereocenters. The van der Waals surface area contributed by atoms with E-state index < -0.39 is 17.2 Å². The molecule has 0 aliphatic carbocycles. The maximum absolute atomic E-state index is 13.6. The molecule has 0 aliphatic heterocycles. The largest absolute Gasteiger partial charge is 0.465 e. The molecule has 0 atom stereocenters. The molecule has 0 N–H and O–H groups in total. The van der Waals surface area contributed by atoms with E-state index in [4.69, 9.17) is 9.84 Å². The van der Waals surface area contributed by atoms with E-state index >= 15 is 0 Å². The van der Waals surface area contributed by atoms with Crippen LogP contribution in [-0.2, 0) is 31.4 Å². The van der Waals surface area contributed by atoms with E-state index in [2.05, 4.69) is 28.9 Å². The van der Waals surface area contributed by atoms with Crippen molar-refractivity contribution in [2.75, 3.05) is 20.7 Å². The fourth-order valence-corrected chi connectivity index (χ4v) is 5.36. The minimum atomic E-state index is -0.488. The van der Waals surface area contributed by atoms with E-state index in [9.17, 15) is 14.4 Å². The minimum absolute atomic E-state index is 0.140. The molecule has 5 aromatic rings. The number of aromatic nitrogens is 4. The lowest BCUT2D eigenvalue weighted by Crippen LogP contribution is -2.38. The maximum atomic E-state index is 13.6.